The lowest BCUT2D eigenvalue weighted by Crippen LogP contribution is -2.50. The number of hydrogen-bond acceptors (Lipinski definition) is 2. The van der Waals surface area contributed by atoms with Crippen LogP contribution in [0.2, 0.25) is 0 Å². The molecule has 100 valence electrons. The lowest BCUT2D eigenvalue weighted by Gasteiger charge is -2.34. The van der Waals surface area contributed by atoms with Gasteiger partial charge in [0.05, 0.1) is 0 Å². The van der Waals surface area contributed by atoms with E-state index in [1.165, 1.54) is 31.4 Å². The smallest absolute Gasteiger partial charge is 0.0366 e. The van der Waals surface area contributed by atoms with E-state index in [1.807, 2.05) is 0 Å². The first-order valence-electron chi connectivity index (χ1n) is 7.22. The van der Waals surface area contributed by atoms with Crippen LogP contribution in [-0.2, 0) is 0 Å². The molecular weight excluding hydrogens is 220 g/mol. The molecule has 0 aromatic heterocycles. The molecule has 1 aliphatic rings. The van der Waals surface area contributed by atoms with Crippen molar-refractivity contribution >= 4 is 5.69 Å². The van der Waals surface area contributed by atoms with E-state index in [4.69, 9.17) is 5.73 Å². The molecule has 2 heteroatoms. The molecule has 0 radical (unpaired) electrons. The third kappa shape index (κ3) is 3.49. The molecule has 1 unspecified atom stereocenters. The predicted octanol–water partition coefficient (Wildman–Crippen LogP) is 3.42. The Morgan fingerprint density at radius 3 is 2.50 bits per heavy atom. The minimum atomic E-state index is -0.0381. The number of para-hydroxylation sites is 1. The Kier molecular flexibility index (Phi) is 4.28. The summed E-state index contributed by atoms with van der Waals surface area (Å²) in [5.74, 6) is 0.727. The van der Waals surface area contributed by atoms with Crippen LogP contribution < -0.4 is 10.6 Å². The second kappa shape index (κ2) is 5.75. The summed E-state index contributed by atoms with van der Waals surface area (Å²) in [7, 11) is 0. The summed E-state index contributed by atoms with van der Waals surface area (Å²) in [5, 5.41) is 0. The van der Waals surface area contributed by atoms with Crippen molar-refractivity contribution in [2.75, 3.05) is 18.0 Å². The van der Waals surface area contributed by atoms with Gasteiger partial charge >= 0.3 is 0 Å². The molecule has 1 aliphatic carbocycles. The Hall–Kier alpha value is -1.02. The van der Waals surface area contributed by atoms with Crippen LogP contribution in [0.3, 0.4) is 0 Å². The van der Waals surface area contributed by atoms with Crippen molar-refractivity contribution in [3.05, 3.63) is 30.3 Å². The van der Waals surface area contributed by atoms with E-state index < -0.39 is 0 Å². The maximum absolute atomic E-state index is 6.49. The van der Waals surface area contributed by atoms with E-state index in [1.54, 1.807) is 0 Å². The van der Waals surface area contributed by atoms with Crippen molar-refractivity contribution in [2.45, 2.75) is 45.1 Å². The van der Waals surface area contributed by atoms with Crippen LogP contribution in [0.5, 0.6) is 0 Å². The van der Waals surface area contributed by atoms with Gasteiger partial charge in [0.1, 0.15) is 0 Å². The first-order valence-corrected chi connectivity index (χ1v) is 7.22. The molecule has 1 fully saturated rings. The van der Waals surface area contributed by atoms with Crippen LogP contribution in [0.25, 0.3) is 0 Å². The molecule has 2 rings (SSSR count). The second-order valence-electron chi connectivity index (χ2n) is 5.89. The van der Waals surface area contributed by atoms with Crippen molar-refractivity contribution in [1.29, 1.82) is 0 Å². The van der Waals surface area contributed by atoms with Gasteiger partial charge in [-0.05, 0) is 44.2 Å². The molecule has 0 aliphatic heterocycles. The number of anilines is 1. The predicted molar refractivity (Wildman–Crippen MR) is 78.9 cm³/mol. The van der Waals surface area contributed by atoms with Crippen molar-refractivity contribution < 1.29 is 0 Å². The van der Waals surface area contributed by atoms with Crippen molar-refractivity contribution in [2.24, 2.45) is 11.7 Å². The Labute approximate surface area is 111 Å². The molecule has 18 heavy (non-hydrogen) atoms. The second-order valence-corrected chi connectivity index (χ2v) is 5.89. The lowest BCUT2D eigenvalue weighted by atomic mass is 9.96. The van der Waals surface area contributed by atoms with Gasteiger partial charge in [-0.1, -0.05) is 31.5 Å². The van der Waals surface area contributed by atoms with E-state index in [2.05, 4.69) is 49.1 Å². The lowest BCUT2D eigenvalue weighted by molar-refractivity contribution is 0.404. The van der Waals surface area contributed by atoms with E-state index in [9.17, 15) is 0 Å². The SMILES string of the molecule is CCCCN(CC(C)(N)C1CC1)c1ccccc1. The quantitative estimate of drug-likeness (QED) is 0.798. The molecule has 0 bridgehead atoms. The summed E-state index contributed by atoms with van der Waals surface area (Å²) < 4.78 is 0. The van der Waals surface area contributed by atoms with Crippen LogP contribution in [0.15, 0.2) is 30.3 Å². The van der Waals surface area contributed by atoms with Gasteiger partial charge in [0, 0.05) is 24.3 Å². The molecule has 1 atom stereocenters. The number of benzene rings is 1. The Morgan fingerprint density at radius 2 is 1.94 bits per heavy atom. The molecule has 0 amide bonds. The third-order valence-electron chi connectivity index (χ3n) is 3.94. The highest BCUT2D eigenvalue weighted by Gasteiger charge is 2.39. The molecule has 1 aromatic carbocycles. The summed E-state index contributed by atoms with van der Waals surface area (Å²) >= 11 is 0. The Morgan fingerprint density at radius 1 is 1.28 bits per heavy atom. The highest BCUT2D eigenvalue weighted by Crippen LogP contribution is 2.38. The van der Waals surface area contributed by atoms with Gasteiger partial charge in [0.15, 0.2) is 0 Å². The molecule has 2 nitrogen and oxygen atoms in total. The van der Waals surface area contributed by atoms with E-state index in [0.29, 0.717) is 0 Å². The first kappa shape index (κ1) is 13.4. The van der Waals surface area contributed by atoms with Gasteiger partial charge < -0.3 is 10.6 Å². The summed E-state index contributed by atoms with van der Waals surface area (Å²) in [6.07, 6.45) is 5.08. The van der Waals surface area contributed by atoms with Gasteiger partial charge in [-0.3, -0.25) is 0 Å². The monoisotopic (exact) mass is 246 g/mol. The van der Waals surface area contributed by atoms with Crippen molar-refractivity contribution in [3.63, 3.8) is 0 Å². The number of rotatable bonds is 7. The summed E-state index contributed by atoms with van der Waals surface area (Å²) in [5.41, 5.74) is 7.76. The molecule has 0 spiro atoms. The standard InChI is InChI=1S/C16H26N2/c1-3-4-12-18(15-8-6-5-7-9-15)13-16(2,17)14-10-11-14/h5-9,14H,3-4,10-13,17H2,1-2H3. The number of unbranched alkanes of at least 4 members (excludes halogenated alkanes) is 1. The van der Waals surface area contributed by atoms with Crippen LogP contribution in [0.1, 0.15) is 39.5 Å². The third-order valence-corrected chi connectivity index (χ3v) is 3.94. The number of nitrogens with two attached hydrogens (primary N) is 1. The molecule has 0 heterocycles. The largest absolute Gasteiger partial charge is 0.370 e. The fraction of sp³-hybridized carbons (Fsp3) is 0.625. The highest BCUT2D eigenvalue weighted by atomic mass is 15.2. The normalized spacial score (nSPS) is 18.4. The number of nitrogens with zero attached hydrogens (tertiary/aromatic N) is 1. The molecule has 1 saturated carbocycles. The average molecular weight is 246 g/mol. The Bertz CT molecular complexity index is 355. The van der Waals surface area contributed by atoms with Gasteiger partial charge in [-0.15, -0.1) is 0 Å². The topological polar surface area (TPSA) is 29.3 Å². The fourth-order valence-corrected chi connectivity index (χ4v) is 2.57. The van der Waals surface area contributed by atoms with E-state index in [0.717, 1.165) is 19.0 Å². The van der Waals surface area contributed by atoms with E-state index in [-0.39, 0.29) is 5.54 Å². The van der Waals surface area contributed by atoms with Gasteiger partial charge in [0.25, 0.3) is 0 Å². The van der Waals surface area contributed by atoms with Crippen molar-refractivity contribution in [3.8, 4) is 0 Å². The van der Waals surface area contributed by atoms with Gasteiger partial charge in [0.2, 0.25) is 0 Å². The molecule has 1 aromatic rings. The highest BCUT2D eigenvalue weighted by molar-refractivity contribution is 5.46. The maximum atomic E-state index is 6.49. The van der Waals surface area contributed by atoms with Crippen molar-refractivity contribution in [1.82, 2.24) is 0 Å². The summed E-state index contributed by atoms with van der Waals surface area (Å²) in [6.45, 7) is 6.54. The molecular formula is C16H26N2. The Balaban J connectivity index is 2.05. The van der Waals surface area contributed by atoms with Crippen LogP contribution in [0, 0.1) is 5.92 Å². The molecule has 0 saturated heterocycles. The van der Waals surface area contributed by atoms with Gasteiger partial charge in [-0.25, -0.2) is 0 Å². The van der Waals surface area contributed by atoms with Gasteiger partial charge in [-0.2, -0.15) is 0 Å². The minimum Gasteiger partial charge on any atom is -0.370 e. The maximum Gasteiger partial charge on any atom is 0.0366 e. The zero-order chi connectivity index (χ0) is 13.0. The van der Waals surface area contributed by atoms with Crippen LogP contribution >= 0.6 is 0 Å². The summed E-state index contributed by atoms with van der Waals surface area (Å²) in [6, 6.07) is 10.7. The van der Waals surface area contributed by atoms with Crippen LogP contribution in [-0.4, -0.2) is 18.6 Å². The summed E-state index contributed by atoms with van der Waals surface area (Å²) in [4.78, 5) is 2.46. The number of hydrogen-bond donors (Lipinski definition) is 1. The zero-order valence-electron chi connectivity index (χ0n) is 11.7. The molecule has 2 N–H and O–H groups in total. The minimum absolute atomic E-state index is 0.0381. The van der Waals surface area contributed by atoms with E-state index >= 15 is 0 Å². The van der Waals surface area contributed by atoms with Crippen LogP contribution in [0.4, 0.5) is 5.69 Å². The zero-order valence-corrected chi connectivity index (χ0v) is 11.7. The first-order chi connectivity index (χ1) is 8.63. The average Bonchev–Trinajstić information content (AvgIpc) is 3.20. The fourth-order valence-electron chi connectivity index (χ4n) is 2.57.